The normalized spacial score (nSPS) is 9.77. The van der Waals surface area contributed by atoms with Crippen molar-refractivity contribution in [1.29, 1.82) is 0 Å². The summed E-state index contributed by atoms with van der Waals surface area (Å²) in [6, 6.07) is 0. The molecular formula is C11H19FO. The molecule has 1 nitrogen and oxygen atoms in total. The first kappa shape index (κ1) is 14.5. The molecule has 0 heterocycles. The molecule has 0 bridgehead atoms. The molecule has 0 aromatic rings. The Hall–Kier alpha value is -1.05. The fraction of sp³-hybridized carbons (Fsp3) is 0.455. The lowest BCUT2D eigenvalue weighted by molar-refractivity contribution is 0.237. The second-order valence-corrected chi connectivity index (χ2v) is 2.17. The summed E-state index contributed by atoms with van der Waals surface area (Å²) in [5.41, 5.74) is 0.700. The van der Waals surface area contributed by atoms with Crippen LogP contribution in [-0.4, -0.2) is 6.61 Å². The minimum absolute atomic E-state index is 0.458. The van der Waals surface area contributed by atoms with Crippen molar-refractivity contribution in [3.63, 3.8) is 0 Å². The van der Waals surface area contributed by atoms with Gasteiger partial charge in [-0.25, -0.2) is 4.39 Å². The molecule has 0 saturated carbocycles. The lowest BCUT2D eigenvalue weighted by atomic mass is 10.2. The standard InChI is InChI=1S/C9H13FO.C2H6/c1-5-11-9(7(2)3)6-8(4)10;1-2/h6H,2,4-5H2,1,3H3;1-2H3/b9-6+;. The van der Waals surface area contributed by atoms with Gasteiger partial charge in [-0.3, -0.25) is 0 Å². The lowest BCUT2D eigenvalue weighted by Gasteiger charge is -2.06. The van der Waals surface area contributed by atoms with Crippen LogP contribution in [0.2, 0.25) is 0 Å². The second kappa shape index (κ2) is 9.04. The van der Waals surface area contributed by atoms with E-state index in [0.717, 1.165) is 0 Å². The third-order valence-electron chi connectivity index (χ3n) is 1.01. The van der Waals surface area contributed by atoms with Crippen LogP contribution in [0.1, 0.15) is 27.7 Å². The summed E-state index contributed by atoms with van der Waals surface area (Å²) in [7, 11) is 0. The highest BCUT2D eigenvalue weighted by Gasteiger charge is 1.97. The maximum atomic E-state index is 12.2. The minimum atomic E-state index is -0.517. The first-order chi connectivity index (χ1) is 6.07. The molecule has 0 fully saturated rings. The molecule has 0 unspecified atom stereocenters. The molecule has 0 radical (unpaired) electrons. The Kier molecular flexibility index (Phi) is 10.1. The Morgan fingerprint density at radius 1 is 1.38 bits per heavy atom. The van der Waals surface area contributed by atoms with Gasteiger partial charge in [-0.05, 0) is 19.4 Å². The van der Waals surface area contributed by atoms with Crippen molar-refractivity contribution >= 4 is 0 Å². The number of ether oxygens (including phenoxy) is 1. The van der Waals surface area contributed by atoms with Crippen LogP contribution >= 0.6 is 0 Å². The van der Waals surface area contributed by atoms with Gasteiger partial charge in [0, 0.05) is 6.08 Å². The second-order valence-electron chi connectivity index (χ2n) is 2.17. The molecule has 0 aliphatic heterocycles. The topological polar surface area (TPSA) is 9.23 Å². The maximum Gasteiger partial charge on any atom is 0.124 e. The zero-order valence-corrected chi connectivity index (χ0v) is 8.98. The summed E-state index contributed by atoms with van der Waals surface area (Å²) in [5, 5.41) is 0. The Morgan fingerprint density at radius 2 is 1.85 bits per heavy atom. The molecule has 0 aromatic carbocycles. The molecule has 0 aromatic heterocycles. The monoisotopic (exact) mass is 186 g/mol. The smallest absolute Gasteiger partial charge is 0.124 e. The lowest BCUT2D eigenvalue weighted by Crippen LogP contribution is -1.92. The zero-order valence-electron chi connectivity index (χ0n) is 8.98. The van der Waals surface area contributed by atoms with E-state index in [1.165, 1.54) is 6.08 Å². The summed E-state index contributed by atoms with van der Waals surface area (Å²) in [5.74, 6) is -0.0588. The quantitative estimate of drug-likeness (QED) is 0.476. The summed E-state index contributed by atoms with van der Waals surface area (Å²) >= 11 is 0. The van der Waals surface area contributed by atoms with Crippen LogP contribution in [0, 0.1) is 0 Å². The fourth-order valence-electron chi connectivity index (χ4n) is 0.586. The van der Waals surface area contributed by atoms with Crippen LogP contribution in [0.4, 0.5) is 4.39 Å². The maximum absolute atomic E-state index is 12.2. The van der Waals surface area contributed by atoms with Gasteiger partial charge in [0.15, 0.2) is 0 Å². The van der Waals surface area contributed by atoms with Crippen molar-refractivity contribution in [2.45, 2.75) is 27.7 Å². The van der Waals surface area contributed by atoms with Gasteiger partial charge < -0.3 is 4.74 Å². The average Bonchev–Trinajstić information content (AvgIpc) is 2.06. The van der Waals surface area contributed by atoms with E-state index in [2.05, 4.69) is 13.2 Å². The van der Waals surface area contributed by atoms with E-state index in [1.54, 1.807) is 6.92 Å². The van der Waals surface area contributed by atoms with Crippen molar-refractivity contribution in [3.8, 4) is 0 Å². The summed E-state index contributed by atoms with van der Waals surface area (Å²) in [6.45, 7) is 14.8. The highest BCUT2D eigenvalue weighted by Crippen LogP contribution is 2.11. The van der Waals surface area contributed by atoms with Gasteiger partial charge >= 0.3 is 0 Å². The largest absolute Gasteiger partial charge is 0.494 e. The van der Waals surface area contributed by atoms with Crippen LogP contribution in [0.3, 0.4) is 0 Å². The van der Waals surface area contributed by atoms with E-state index in [4.69, 9.17) is 4.74 Å². The molecule has 0 saturated heterocycles. The van der Waals surface area contributed by atoms with Crippen molar-refractivity contribution in [2.75, 3.05) is 6.61 Å². The molecule has 0 amide bonds. The molecule has 0 atom stereocenters. The van der Waals surface area contributed by atoms with Crippen molar-refractivity contribution in [1.82, 2.24) is 0 Å². The van der Waals surface area contributed by atoms with Crippen LogP contribution in [0.25, 0.3) is 0 Å². The molecule has 76 valence electrons. The van der Waals surface area contributed by atoms with E-state index in [9.17, 15) is 4.39 Å². The van der Waals surface area contributed by atoms with Gasteiger partial charge in [0.25, 0.3) is 0 Å². The van der Waals surface area contributed by atoms with Crippen molar-refractivity contribution in [3.05, 3.63) is 36.4 Å². The van der Waals surface area contributed by atoms with Gasteiger partial charge in [0.1, 0.15) is 11.6 Å². The molecule has 0 aliphatic rings. The highest BCUT2D eigenvalue weighted by molar-refractivity contribution is 5.26. The van der Waals surface area contributed by atoms with E-state index in [0.29, 0.717) is 17.9 Å². The van der Waals surface area contributed by atoms with Crippen LogP contribution in [-0.2, 0) is 4.74 Å². The Morgan fingerprint density at radius 3 is 2.08 bits per heavy atom. The number of hydrogen-bond donors (Lipinski definition) is 0. The number of allylic oxidation sites excluding steroid dienone is 3. The van der Waals surface area contributed by atoms with E-state index < -0.39 is 5.83 Å². The Bertz CT molecular complexity index is 192. The zero-order chi connectivity index (χ0) is 10.9. The van der Waals surface area contributed by atoms with Gasteiger partial charge in [-0.1, -0.05) is 27.0 Å². The van der Waals surface area contributed by atoms with Gasteiger partial charge in [0.2, 0.25) is 0 Å². The first-order valence-electron chi connectivity index (χ1n) is 4.42. The average molecular weight is 186 g/mol. The van der Waals surface area contributed by atoms with Crippen molar-refractivity contribution < 1.29 is 9.13 Å². The van der Waals surface area contributed by atoms with Crippen LogP contribution in [0.5, 0.6) is 0 Å². The minimum Gasteiger partial charge on any atom is -0.494 e. The Balaban J connectivity index is 0. The van der Waals surface area contributed by atoms with Crippen LogP contribution in [0.15, 0.2) is 36.4 Å². The fourth-order valence-corrected chi connectivity index (χ4v) is 0.586. The molecule has 0 rings (SSSR count). The highest BCUT2D eigenvalue weighted by atomic mass is 19.1. The number of halogens is 1. The SMILES string of the molecule is C=C(F)/C=C(/OCC)C(=C)C.CC. The summed E-state index contributed by atoms with van der Waals surface area (Å²) in [6.07, 6.45) is 1.23. The van der Waals surface area contributed by atoms with Gasteiger partial charge in [0.05, 0.1) is 6.61 Å². The molecule has 2 heteroatoms. The van der Waals surface area contributed by atoms with Gasteiger partial charge in [-0.2, -0.15) is 0 Å². The van der Waals surface area contributed by atoms with Crippen molar-refractivity contribution in [2.24, 2.45) is 0 Å². The summed E-state index contributed by atoms with van der Waals surface area (Å²) < 4.78 is 17.3. The predicted octanol–water partition coefficient (Wildman–Crippen LogP) is 3.99. The molecule has 13 heavy (non-hydrogen) atoms. The predicted molar refractivity (Wildman–Crippen MR) is 56.1 cm³/mol. The molecule has 0 spiro atoms. The summed E-state index contributed by atoms with van der Waals surface area (Å²) in [4.78, 5) is 0. The number of hydrogen-bond acceptors (Lipinski definition) is 1. The van der Waals surface area contributed by atoms with E-state index in [-0.39, 0.29) is 0 Å². The molecule has 0 aliphatic carbocycles. The molecular weight excluding hydrogens is 167 g/mol. The van der Waals surface area contributed by atoms with E-state index >= 15 is 0 Å². The number of rotatable bonds is 4. The molecule has 0 N–H and O–H groups in total. The third kappa shape index (κ3) is 8.86. The van der Waals surface area contributed by atoms with Crippen LogP contribution < -0.4 is 0 Å². The first-order valence-corrected chi connectivity index (χ1v) is 4.42. The Labute approximate surface area is 80.6 Å². The third-order valence-corrected chi connectivity index (χ3v) is 1.01. The van der Waals surface area contributed by atoms with E-state index in [1.807, 2.05) is 20.8 Å². The van der Waals surface area contributed by atoms with Gasteiger partial charge in [-0.15, -0.1) is 0 Å².